The van der Waals surface area contributed by atoms with Gasteiger partial charge in [-0.25, -0.2) is 15.0 Å². The van der Waals surface area contributed by atoms with Gasteiger partial charge in [0, 0.05) is 216 Å². The first kappa shape index (κ1) is 99.4. The fourth-order valence-electron chi connectivity index (χ4n) is 11.2. The number of fused-ring (bicyclic) bond motifs is 3. The van der Waals surface area contributed by atoms with E-state index in [1.54, 1.807) is 0 Å². The van der Waals surface area contributed by atoms with Gasteiger partial charge in [-0.1, -0.05) is 72.8 Å². The summed E-state index contributed by atoms with van der Waals surface area (Å²) in [6.07, 6.45) is 26.1. The molecule has 0 bridgehead atoms. The molecule has 3 aliphatic heterocycles. The molecule has 12 rings (SSSR count). The number of thiol groups is 1. The number of aryl methyl sites for hydroxylation is 3. The topological polar surface area (TPSA) is 265 Å². The Morgan fingerprint density at radius 2 is 0.781 bits per heavy atom. The van der Waals surface area contributed by atoms with Crippen molar-refractivity contribution in [3.8, 4) is 33.4 Å². The smallest absolute Gasteiger partial charge is 0.481 e. The van der Waals surface area contributed by atoms with Crippen LogP contribution in [0.3, 0.4) is 0 Å². The molecule has 35 heteroatoms. The summed E-state index contributed by atoms with van der Waals surface area (Å²) in [5.74, 6) is 0.454. The molecule has 0 aromatic carbocycles. The van der Waals surface area contributed by atoms with Gasteiger partial charge in [-0.05, 0) is 160 Å². The average molecular weight is 1780 g/mol. The van der Waals surface area contributed by atoms with E-state index in [1.165, 1.54) is 29.0 Å². The van der Waals surface area contributed by atoms with E-state index in [-0.39, 0.29) is 39.5 Å². The molecule has 3 aliphatic rings. The van der Waals surface area contributed by atoms with Crippen LogP contribution in [0.5, 0.6) is 0 Å². The first-order valence-electron chi connectivity index (χ1n) is 38.8. The number of hydrogen-bond donors (Lipinski definition) is 3. The molecule has 0 aliphatic carbocycles. The molecule has 0 amide bonds. The molecule has 9 aromatic heterocycles. The fraction of sp³-hybridized carbons (Fsp3) is 0.595. The van der Waals surface area contributed by atoms with E-state index in [0.29, 0.717) is 20.2 Å². The van der Waals surface area contributed by atoms with Gasteiger partial charge >= 0.3 is 21.1 Å². The van der Waals surface area contributed by atoms with Crippen LogP contribution < -0.4 is 5.46 Å². The summed E-state index contributed by atoms with van der Waals surface area (Å²) >= 11 is 9.30. The quantitative estimate of drug-likeness (QED) is 0.0220. The van der Waals surface area contributed by atoms with Crippen molar-refractivity contribution in [3.05, 3.63) is 97.0 Å². The number of ether oxygens (including phenoxy) is 3. The summed E-state index contributed by atoms with van der Waals surface area (Å²) in [5.41, 5.74) is 8.10. The largest absolute Gasteiger partial charge is 0.496 e. The SMILES string of the molecule is CC(=O)O.CC(=O)O.CC1(C)OB(B2OC(C)(C)C(C)(C)O2)OC1(C)C.CCCS.CCCSc1cnc2c(c1)c(-c1cnn(C)c1)cn2COCC[Si](C)(C)C.Cn1cc(-c2cn(COCC[Si](C)(C)C)c3ncc(B4OC(C)(C)C(C)(C)O4)cc23)cn1.Cn1cc(-c2cn(COCC[Si](C)(C)C)c3ncc(Br)cc23)cn1.[Cu]. The first-order chi connectivity index (χ1) is 52.3. The molecule has 114 heavy (non-hydrogen) atoms. The van der Waals surface area contributed by atoms with Crippen molar-refractivity contribution in [3.63, 3.8) is 0 Å². The van der Waals surface area contributed by atoms with Crippen LogP contribution in [0.2, 0.25) is 77.1 Å². The van der Waals surface area contributed by atoms with Crippen molar-refractivity contribution >= 4 is 136 Å². The summed E-state index contributed by atoms with van der Waals surface area (Å²) in [5, 5.41) is 31.1. The molecule has 3 saturated heterocycles. The van der Waals surface area contributed by atoms with Gasteiger partial charge in [-0.3, -0.25) is 23.6 Å². The van der Waals surface area contributed by atoms with Crippen LogP contribution >= 0.6 is 40.3 Å². The van der Waals surface area contributed by atoms with Gasteiger partial charge in [0.25, 0.3) is 11.9 Å². The van der Waals surface area contributed by atoms with Gasteiger partial charge in [-0.15, -0.1) is 11.8 Å². The molecule has 633 valence electrons. The number of carbonyl (C=O) groups is 2. The minimum atomic E-state index is -1.13. The van der Waals surface area contributed by atoms with E-state index in [9.17, 15) is 0 Å². The minimum Gasteiger partial charge on any atom is -0.481 e. The van der Waals surface area contributed by atoms with Crippen molar-refractivity contribution < 1.29 is 79.0 Å². The zero-order valence-electron chi connectivity index (χ0n) is 72.9. The number of thioether (sulfide) groups is 1. The summed E-state index contributed by atoms with van der Waals surface area (Å²) in [4.78, 5) is 33.4. The number of carboxylic acid groups (broad SMARTS) is 2. The van der Waals surface area contributed by atoms with Gasteiger partial charge in [0.15, 0.2) is 0 Å². The van der Waals surface area contributed by atoms with Crippen molar-refractivity contribution in [2.75, 3.05) is 31.3 Å². The monoisotopic (exact) mass is 1780 g/mol. The second-order valence-electron chi connectivity index (χ2n) is 35.4. The third-order valence-electron chi connectivity index (χ3n) is 19.8. The Balaban J connectivity index is 0.000000261. The summed E-state index contributed by atoms with van der Waals surface area (Å²) in [6.45, 7) is 56.1. The van der Waals surface area contributed by atoms with E-state index in [4.69, 9.17) is 71.9 Å². The molecule has 1 radical (unpaired) electrons. The fourth-order valence-corrected chi connectivity index (χ4v) is 14.6. The number of rotatable bonds is 24. The molecule has 25 nitrogen and oxygen atoms in total. The van der Waals surface area contributed by atoms with Gasteiger partial charge in [0.2, 0.25) is 0 Å². The van der Waals surface area contributed by atoms with Crippen molar-refractivity contribution in [1.82, 2.24) is 58.0 Å². The summed E-state index contributed by atoms with van der Waals surface area (Å²) in [7, 11) is 1.13. The molecule has 2 N–H and O–H groups in total. The van der Waals surface area contributed by atoms with Gasteiger partial charge in [-0.2, -0.15) is 27.9 Å². The van der Waals surface area contributed by atoms with Crippen LogP contribution in [-0.4, -0.2) is 190 Å². The number of carboxylic acids is 2. The average Bonchev–Trinajstić information content (AvgIpc) is 1.60. The molecule has 12 heterocycles. The Kier molecular flexibility index (Phi) is 36.8. The maximum absolute atomic E-state index is 9.00. The number of aromatic nitrogens is 12. The van der Waals surface area contributed by atoms with Crippen LogP contribution in [0.25, 0.3) is 66.5 Å². The Bertz CT molecular complexity index is 4450. The Hall–Kier alpha value is -5.18. The predicted octanol–water partition coefficient (Wildman–Crippen LogP) is 17.6. The maximum atomic E-state index is 9.00. The molecular formula is C79H128B3BrCuN12O13S2Si3. The zero-order valence-corrected chi connectivity index (χ0v) is 80.1. The van der Waals surface area contributed by atoms with Crippen molar-refractivity contribution in [2.24, 2.45) is 21.1 Å². The second kappa shape index (κ2) is 42.2. The van der Waals surface area contributed by atoms with Gasteiger partial charge < -0.3 is 66.1 Å². The minimum absolute atomic E-state index is 0. The van der Waals surface area contributed by atoms with E-state index >= 15 is 0 Å². The molecule has 9 aromatic rings. The van der Waals surface area contributed by atoms with Crippen LogP contribution in [-0.2, 0) is 110 Å². The van der Waals surface area contributed by atoms with Gasteiger partial charge in [0.05, 0.1) is 52.2 Å². The van der Waals surface area contributed by atoms with Crippen molar-refractivity contribution in [1.29, 1.82) is 0 Å². The Morgan fingerprint density at radius 1 is 0.482 bits per heavy atom. The molecule has 0 unspecified atom stereocenters. The van der Waals surface area contributed by atoms with Crippen LogP contribution in [0.15, 0.2) is 102 Å². The number of nitrogens with zero attached hydrogens (tertiary/aromatic N) is 12. The Labute approximate surface area is 710 Å². The van der Waals surface area contributed by atoms with Crippen molar-refractivity contribution in [2.45, 2.75) is 259 Å². The van der Waals surface area contributed by atoms with E-state index < -0.39 is 68.5 Å². The third-order valence-corrected chi connectivity index (χ3v) is 27.0. The molecular weight excluding hydrogens is 1650 g/mol. The maximum Gasteiger partial charge on any atom is 0.496 e. The normalized spacial score (nSPS) is 16.3. The number of halogens is 1. The van der Waals surface area contributed by atoms with Crippen LogP contribution in [0.1, 0.15) is 124 Å². The molecule has 3 fully saturated rings. The van der Waals surface area contributed by atoms with Crippen LogP contribution in [0, 0.1) is 0 Å². The van der Waals surface area contributed by atoms with E-state index in [1.807, 2.05) is 152 Å². The standard InChI is InChI=1S/C23H35BN4O3Si.C20H30N4OSSi.C17H23BrN4OSi.C12H24B2O4.C3H8S.2C2H4O2.Cu/c1-22(2)23(3,4)31-24(30-22)18-11-19-20(17-12-26-27(5)14-17)15-28(21(19)25-13-18)16-29-9-10-32(6,7)8;1-6-8-26-17-10-18-19(16-11-22-23(2)13-16)14-24(20(18)21-12-17)15-25-7-9-27(3,4)5;1-21-10-13(8-20-21)16-11-22(12-23-5-6-24(2,3)4)17-15(16)7-14(18)9-19-17;1-9(2)10(3,4)16-13(15-9)14-17-11(5,6)12(7,8)18-14;1-2-3-4;2*1-2(3)4;/h11-15H,9-10,16H2,1-8H3;10-14H,6-9,15H2,1-5H3;7-11H,5-6,12H2,1-4H3;1-8H3;4H,2-3H2,1H3;2*1H3,(H,3,4);. The molecule has 0 atom stereocenters. The molecule has 0 saturated carbocycles. The third kappa shape index (κ3) is 29.1. The molecule has 0 spiro atoms. The van der Waals surface area contributed by atoms with E-state index in [0.717, 1.165) is 128 Å². The summed E-state index contributed by atoms with van der Waals surface area (Å²) < 4.78 is 67.0. The zero-order chi connectivity index (χ0) is 84.6. The van der Waals surface area contributed by atoms with Crippen LogP contribution in [0.4, 0.5) is 0 Å². The second-order valence-corrected chi connectivity index (χ2v) is 54.8. The first-order valence-corrected chi connectivity index (χ1v) is 52.4. The predicted molar refractivity (Wildman–Crippen MR) is 475 cm³/mol. The summed E-state index contributed by atoms with van der Waals surface area (Å²) in [6, 6.07) is 9.97. The van der Waals surface area contributed by atoms with Gasteiger partial charge in [0.1, 0.15) is 37.1 Å². The number of aliphatic carboxylic acids is 2. The Morgan fingerprint density at radius 3 is 1.08 bits per heavy atom. The number of hydrogen-bond acceptors (Lipinski definition) is 19. The number of pyridine rings is 3. The van der Waals surface area contributed by atoms with E-state index in [2.05, 4.69) is 206 Å².